The minimum atomic E-state index is -0.0753. The van der Waals surface area contributed by atoms with Crippen LogP contribution in [-0.2, 0) is 6.42 Å². The van der Waals surface area contributed by atoms with Crippen LogP contribution in [0, 0.1) is 0 Å². The Morgan fingerprint density at radius 1 is 1.12 bits per heavy atom. The van der Waals surface area contributed by atoms with Gasteiger partial charge in [0.15, 0.2) is 0 Å². The monoisotopic (exact) mass is 376 g/mol. The summed E-state index contributed by atoms with van der Waals surface area (Å²) >= 11 is 1.80. The van der Waals surface area contributed by atoms with E-state index in [-0.39, 0.29) is 18.0 Å². The third-order valence-corrected chi connectivity index (χ3v) is 5.46. The maximum absolute atomic E-state index is 11.3. The van der Waals surface area contributed by atoms with E-state index in [9.17, 15) is 4.79 Å². The van der Waals surface area contributed by atoms with Gasteiger partial charge in [-0.3, -0.25) is 9.69 Å². The zero-order valence-electron chi connectivity index (χ0n) is 13.9. The number of thiophene rings is 1. The van der Waals surface area contributed by atoms with Crippen LogP contribution in [0.25, 0.3) is 10.1 Å². The van der Waals surface area contributed by atoms with Crippen LogP contribution in [0.2, 0.25) is 0 Å². The van der Waals surface area contributed by atoms with Crippen LogP contribution in [0.3, 0.4) is 0 Å². The van der Waals surface area contributed by atoms with Gasteiger partial charge in [-0.15, -0.1) is 23.7 Å². The van der Waals surface area contributed by atoms with E-state index >= 15 is 0 Å². The largest absolute Gasteiger partial charge is 0.368 e. The molecular weight excluding hydrogens is 356 g/mol. The van der Waals surface area contributed by atoms with Gasteiger partial charge in [-0.25, -0.2) is 4.98 Å². The Hall–Kier alpha value is -1.89. The quantitative estimate of drug-likeness (QED) is 0.760. The Morgan fingerprint density at radius 2 is 1.96 bits per heavy atom. The number of hydrogen-bond donors (Lipinski definition) is 1. The number of halogens is 1. The molecular formula is C18H21ClN4OS. The summed E-state index contributed by atoms with van der Waals surface area (Å²) in [6.07, 6.45) is 2.36. The van der Waals surface area contributed by atoms with Gasteiger partial charge in [0.2, 0.25) is 0 Å². The molecule has 7 heteroatoms. The van der Waals surface area contributed by atoms with Gasteiger partial charge in [0.1, 0.15) is 5.82 Å². The van der Waals surface area contributed by atoms with Crippen LogP contribution in [0.1, 0.15) is 5.82 Å². The second-order valence-electron chi connectivity index (χ2n) is 6.07. The van der Waals surface area contributed by atoms with E-state index < -0.39 is 0 Å². The van der Waals surface area contributed by atoms with Crippen molar-refractivity contribution in [1.29, 1.82) is 0 Å². The summed E-state index contributed by atoms with van der Waals surface area (Å²) in [5.74, 6) is 0.771. The second kappa shape index (κ2) is 7.99. The molecule has 0 spiro atoms. The van der Waals surface area contributed by atoms with E-state index in [0.29, 0.717) is 0 Å². The highest BCUT2D eigenvalue weighted by Gasteiger charge is 2.18. The number of anilines is 1. The van der Waals surface area contributed by atoms with Crippen LogP contribution < -0.4 is 10.5 Å². The number of piperazine rings is 1. The minimum Gasteiger partial charge on any atom is -0.368 e. The summed E-state index contributed by atoms with van der Waals surface area (Å²) in [5.41, 5.74) is 1.27. The van der Waals surface area contributed by atoms with Crippen molar-refractivity contribution in [1.82, 2.24) is 14.9 Å². The summed E-state index contributed by atoms with van der Waals surface area (Å²) in [6.45, 7) is 5.08. The van der Waals surface area contributed by atoms with E-state index in [0.717, 1.165) is 45.0 Å². The first-order valence-corrected chi connectivity index (χ1v) is 9.15. The highest BCUT2D eigenvalue weighted by atomic mass is 35.5. The first-order chi connectivity index (χ1) is 11.8. The molecule has 0 atom stereocenters. The van der Waals surface area contributed by atoms with Gasteiger partial charge in [-0.1, -0.05) is 6.07 Å². The van der Waals surface area contributed by atoms with Gasteiger partial charge in [0.25, 0.3) is 5.56 Å². The number of aromatic nitrogens is 2. The fourth-order valence-electron chi connectivity index (χ4n) is 3.27. The SMILES string of the molecule is Cl.O=c1ccnc(CCN2CCN(c3cccc4sccc34)CC2)[nH]1. The molecule has 5 nitrogen and oxygen atoms in total. The third-order valence-electron chi connectivity index (χ3n) is 4.57. The molecule has 25 heavy (non-hydrogen) atoms. The lowest BCUT2D eigenvalue weighted by molar-refractivity contribution is 0.259. The summed E-state index contributed by atoms with van der Waals surface area (Å²) in [6, 6.07) is 10.2. The fraction of sp³-hybridized carbons (Fsp3) is 0.333. The zero-order valence-corrected chi connectivity index (χ0v) is 15.5. The van der Waals surface area contributed by atoms with Crippen LogP contribution in [-0.4, -0.2) is 47.6 Å². The molecule has 132 valence electrons. The van der Waals surface area contributed by atoms with E-state index in [1.54, 1.807) is 17.5 Å². The molecule has 3 heterocycles. The van der Waals surface area contributed by atoms with E-state index in [2.05, 4.69) is 49.4 Å². The van der Waals surface area contributed by atoms with Crippen molar-refractivity contribution < 1.29 is 0 Å². The molecule has 1 saturated heterocycles. The molecule has 4 rings (SSSR count). The van der Waals surface area contributed by atoms with Gasteiger partial charge in [0, 0.05) is 67.2 Å². The molecule has 0 saturated carbocycles. The summed E-state index contributed by atoms with van der Waals surface area (Å²) in [4.78, 5) is 23.3. The van der Waals surface area contributed by atoms with Crippen molar-refractivity contribution in [2.24, 2.45) is 0 Å². The fourth-order valence-corrected chi connectivity index (χ4v) is 4.08. The highest BCUT2D eigenvalue weighted by molar-refractivity contribution is 7.17. The van der Waals surface area contributed by atoms with E-state index in [1.165, 1.54) is 21.8 Å². The maximum Gasteiger partial charge on any atom is 0.250 e. The molecule has 1 N–H and O–H groups in total. The van der Waals surface area contributed by atoms with Crippen LogP contribution in [0.4, 0.5) is 5.69 Å². The Morgan fingerprint density at radius 3 is 2.76 bits per heavy atom. The Labute approximate surface area is 156 Å². The number of fused-ring (bicyclic) bond motifs is 1. The topological polar surface area (TPSA) is 52.2 Å². The van der Waals surface area contributed by atoms with E-state index in [1.807, 2.05) is 0 Å². The number of benzene rings is 1. The third kappa shape index (κ3) is 4.03. The Bertz CT molecular complexity index is 886. The van der Waals surface area contributed by atoms with Crippen molar-refractivity contribution in [2.45, 2.75) is 6.42 Å². The summed E-state index contributed by atoms with van der Waals surface area (Å²) < 4.78 is 1.36. The molecule has 0 unspecified atom stereocenters. The normalized spacial score (nSPS) is 15.3. The van der Waals surface area contributed by atoms with Crippen molar-refractivity contribution in [3.8, 4) is 0 Å². The lowest BCUT2D eigenvalue weighted by Crippen LogP contribution is -2.47. The first kappa shape index (κ1) is 17.9. The lowest BCUT2D eigenvalue weighted by atomic mass is 10.2. The Balaban J connectivity index is 0.00000182. The molecule has 1 fully saturated rings. The molecule has 2 aromatic heterocycles. The smallest absolute Gasteiger partial charge is 0.250 e. The molecule has 3 aromatic rings. The average Bonchev–Trinajstić information content (AvgIpc) is 3.09. The van der Waals surface area contributed by atoms with Crippen LogP contribution >= 0.6 is 23.7 Å². The van der Waals surface area contributed by atoms with Gasteiger partial charge in [0.05, 0.1) is 0 Å². The van der Waals surface area contributed by atoms with Crippen LogP contribution in [0.15, 0.2) is 46.7 Å². The van der Waals surface area contributed by atoms with E-state index in [4.69, 9.17) is 0 Å². The van der Waals surface area contributed by atoms with Crippen molar-refractivity contribution in [3.05, 3.63) is 58.1 Å². The van der Waals surface area contributed by atoms with Gasteiger partial charge in [-0.2, -0.15) is 0 Å². The predicted molar refractivity (Wildman–Crippen MR) is 106 cm³/mol. The number of H-pyrrole nitrogens is 1. The Kier molecular flexibility index (Phi) is 5.73. The maximum atomic E-state index is 11.3. The molecule has 1 aromatic carbocycles. The lowest BCUT2D eigenvalue weighted by Gasteiger charge is -2.36. The zero-order chi connectivity index (χ0) is 16.4. The summed E-state index contributed by atoms with van der Waals surface area (Å²) in [7, 11) is 0. The standard InChI is InChI=1S/C18H20N4OS.ClH/c23-18-4-7-19-17(20-18)5-8-21-9-11-22(12-10-21)15-2-1-3-16-14(15)6-13-24-16;/h1-4,6-7,13H,5,8-12H2,(H,19,20,23);1H. The number of nitrogens with zero attached hydrogens (tertiary/aromatic N) is 3. The molecule has 0 amide bonds. The number of nitrogens with one attached hydrogen (secondary N) is 1. The first-order valence-electron chi connectivity index (χ1n) is 8.27. The number of aromatic amines is 1. The molecule has 0 bridgehead atoms. The minimum absolute atomic E-state index is 0. The molecule has 1 aliphatic rings. The number of rotatable bonds is 4. The molecule has 1 aliphatic heterocycles. The summed E-state index contributed by atoms with van der Waals surface area (Å²) in [5, 5.41) is 3.53. The predicted octanol–water partition coefficient (Wildman–Crippen LogP) is 2.77. The van der Waals surface area contributed by atoms with Crippen molar-refractivity contribution >= 4 is 39.5 Å². The van der Waals surface area contributed by atoms with Crippen molar-refractivity contribution in [2.75, 3.05) is 37.6 Å². The molecule has 0 radical (unpaired) electrons. The van der Waals surface area contributed by atoms with Crippen molar-refractivity contribution in [3.63, 3.8) is 0 Å². The molecule has 0 aliphatic carbocycles. The van der Waals surface area contributed by atoms with Gasteiger partial charge < -0.3 is 9.88 Å². The van der Waals surface area contributed by atoms with Gasteiger partial charge >= 0.3 is 0 Å². The van der Waals surface area contributed by atoms with Crippen LogP contribution in [0.5, 0.6) is 0 Å². The number of hydrogen-bond acceptors (Lipinski definition) is 5. The second-order valence-corrected chi connectivity index (χ2v) is 7.02. The van der Waals surface area contributed by atoms with Gasteiger partial charge in [-0.05, 0) is 23.6 Å². The average molecular weight is 377 g/mol. The highest BCUT2D eigenvalue weighted by Crippen LogP contribution is 2.31.